The lowest BCUT2D eigenvalue weighted by Crippen LogP contribution is -2.21. The van der Waals surface area contributed by atoms with Crippen LogP contribution in [-0.2, 0) is 14.8 Å². The molecule has 4 nitrogen and oxygen atoms in total. The molecule has 1 rings (SSSR count). The lowest BCUT2D eigenvalue weighted by atomic mass is 10.1. The number of hydrogen-bond donors (Lipinski definition) is 1. The van der Waals surface area contributed by atoms with Crippen molar-refractivity contribution in [3.8, 4) is 0 Å². The minimum absolute atomic E-state index is 0.0636. The van der Waals surface area contributed by atoms with Crippen LogP contribution in [0.4, 0.5) is 5.69 Å². The highest BCUT2D eigenvalue weighted by molar-refractivity contribution is 7.92. The Hall–Kier alpha value is -0.780. The van der Waals surface area contributed by atoms with Crippen LogP contribution in [0.2, 0.25) is 0 Å². The maximum absolute atomic E-state index is 11.8. The highest BCUT2D eigenvalue weighted by Crippen LogP contribution is 2.27. The second-order valence-electron chi connectivity index (χ2n) is 3.82. The summed E-state index contributed by atoms with van der Waals surface area (Å²) in [6, 6.07) is 7.10. The number of anilines is 1. The molecule has 0 bridgehead atoms. The topological polar surface area (TPSA) is 55.4 Å². The molecule has 0 aliphatic rings. The van der Waals surface area contributed by atoms with Gasteiger partial charge in [0.15, 0.2) is 0 Å². The van der Waals surface area contributed by atoms with E-state index in [-0.39, 0.29) is 17.7 Å². The molecule has 0 saturated carbocycles. The van der Waals surface area contributed by atoms with Crippen molar-refractivity contribution in [2.24, 2.45) is 0 Å². The van der Waals surface area contributed by atoms with Gasteiger partial charge in [-0.3, -0.25) is 4.72 Å². The number of para-hydroxylation sites is 1. The summed E-state index contributed by atoms with van der Waals surface area (Å²) in [5, 5.41) is -0.254. The number of hydrogen-bond acceptors (Lipinski definition) is 3. The lowest BCUT2D eigenvalue weighted by Gasteiger charge is -2.13. The summed E-state index contributed by atoms with van der Waals surface area (Å²) in [7, 11) is -3.40. The summed E-state index contributed by atoms with van der Waals surface area (Å²) in [6.07, 6.45) is 0. The standard InChI is InChI=1S/C12H18ClNO3S/c1-3-17-8-9-18(15,16)14-12-7-5-4-6-11(12)10(2)13/h4-7,10,14H,3,8-9H2,1-2H3. The van der Waals surface area contributed by atoms with Gasteiger partial charge in [0, 0.05) is 6.61 Å². The first-order chi connectivity index (χ1) is 8.46. The quantitative estimate of drug-likeness (QED) is 0.621. The van der Waals surface area contributed by atoms with Gasteiger partial charge in [-0.25, -0.2) is 8.42 Å². The van der Waals surface area contributed by atoms with E-state index in [1.165, 1.54) is 0 Å². The molecule has 1 N–H and O–H groups in total. The summed E-state index contributed by atoms with van der Waals surface area (Å²) in [5.41, 5.74) is 1.29. The van der Waals surface area contributed by atoms with Crippen LogP contribution in [-0.4, -0.2) is 27.4 Å². The fourth-order valence-electron chi connectivity index (χ4n) is 1.47. The third kappa shape index (κ3) is 4.84. The predicted octanol–water partition coefficient (Wildman–Crippen LogP) is 2.76. The molecule has 1 unspecified atom stereocenters. The fourth-order valence-corrected chi connectivity index (χ4v) is 2.62. The van der Waals surface area contributed by atoms with Crippen molar-refractivity contribution in [2.75, 3.05) is 23.7 Å². The fraction of sp³-hybridized carbons (Fsp3) is 0.500. The average molecular weight is 292 g/mol. The van der Waals surface area contributed by atoms with Crippen molar-refractivity contribution in [2.45, 2.75) is 19.2 Å². The van der Waals surface area contributed by atoms with Crippen LogP contribution in [0.5, 0.6) is 0 Å². The molecule has 102 valence electrons. The molecule has 0 heterocycles. The molecule has 1 atom stereocenters. The number of nitrogens with one attached hydrogen (secondary N) is 1. The molecule has 0 aromatic heterocycles. The van der Waals surface area contributed by atoms with E-state index in [1.807, 2.05) is 13.0 Å². The van der Waals surface area contributed by atoms with E-state index in [0.717, 1.165) is 5.56 Å². The van der Waals surface area contributed by atoms with Gasteiger partial charge in [-0.2, -0.15) is 0 Å². The van der Waals surface area contributed by atoms with E-state index in [4.69, 9.17) is 16.3 Å². The van der Waals surface area contributed by atoms with Gasteiger partial charge in [-0.15, -0.1) is 11.6 Å². The zero-order valence-electron chi connectivity index (χ0n) is 10.5. The van der Waals surface area contributed by atoms with Crippen molar-refractivity contribution in [1.82, 2.24) is 0 Å². The predicted molar refractivity (Wildman–Crippen MR) is 74.6 cm³/mol. The van der Waals surface area contributed by atoms with E-state index in [2.05, 4.69) is 4.72 Å². The Morgan fingerprint density at radius 1 is 1.39 bits per heavy atom. The largest absolute Gasteiger partial charge is 0.381 e. The van der Waals surface area contributed by atoms with Crippen molar-refractivity contribution in [3.63, 3.8) is 0 Å². The molecule has 0 saturated heterocycles. The van der Waals surface area contributed by atoms with Crippen molar-refractivity contribution in [3.05, 3.63) is 29.8 Å². The molecular weight excluding hydrogens is 274 g/mol. The number of alkyl halides is 1. The second-order valence-corrected chi connectivity index (χ2v) is 6.32. The first-order valence-electron chi connectivity index (χ1n) is 5.77. The van der Waals surface area contributed by atoms with Crippen LogP contribution in [0.15, 0.2) is 24.3 Å². The Morgan fingerprint density at radius 3 is 2.67 bits per heavy atom. The monoisotopic (exact) mass is 291 g/mol. The summed E-state index contributed by atoms with van der Waals surface area (Å²) in [4.78, 5) is 0. The van der Waals surface area contributed by atoms with Crippen LogP contribution in [0.25, 0.3) is 0 Å². The molecular formula is C12H18ClNO3S. The van der Waals surface area contributed by atoms with Gasteiger partial charge >= 0.3 is 0 Å². The van der Waals surface area contributed by atoms with Gasteiger partial charge in [0.1, 0.15) is 0 Å². The zero-order chi connectivity index (χ0) is 13.6. The Bertz CT molecular complexity index is 474. The van der Waals surface area contributed by atoms with Crippen LogP contribution >= 0.6 is 11.6 Å². The first-order valence-corrected chi connectivity index (χ1v) is 7.86. The number of sulfonamides is 1. The smallest absolute Gasteiger partial charge is 0.235 e. The van der Waals surface area contributed by atoms with E-state index < -0.39 is 10.0 Å². The minimum atomic E-state index is -3.40. The van der Waals surface area contributed by atoms with E-state index in [0.29, 0.717) is 12.3 Å². The summed E-state index contributed by atoms with van der Waals surface area (Å²) >= 11 is 6.00. The van der Waals surface area contributed by atoms with E-state index in [9.17, 15) is 8.42 Å². The number of ether oxygens (including phenoxy) is 1. The lowest BCUT2D eigenvalue weighted by molar-refractivity contribution is 0.163. The van der Waals surface area contributed by atoms with Gasteiger partial charge in [0.2, 0.25) is 10.0 Å². The number of rotatable bonds is 7. The first kappa shape index (κ1) is 15.3. The Kier molecular flexibility index (Phi) is 5.91. The average Bonchev–Trinajstić information content (AvgIpc) is 2.29. The van der Waals surface area contributed by atoms with Gasteiger partial charge in [0.05, 0.1) is 23.4 Å². The second kappa shape index (κ2) is 6.97. The minimum Gasteiger partial charge on any atom is -0.381 e. The summed E-state index contributed by atoms with van der Waals surface area (Å²) in [5.74, 6) is -0.0636. The maximum atomic E-state index is 11.8. The molecule has 0 amide bonds. The van der Waals surface area contributed by atoms with Crippen LogP contribution in [0.1, 0.15) is 24.8 Å². The maximum Gasteiger partial charge on any atom is 0.235 e. The molecule has 0 aliphatic heterocycles. The molecule has 6 heteroatoms. The molecule has 1 aromatic rings. The highest BCUT2D eigenvalue weighted by Gasteiger charge is 2.14. The molecule has 1 aromatic carbocycles. The molecule has 0 fully saturated rings. The Balaban J connectivity index is 2.78. The van der Waals surface area contributed by atoms with Gasteiger partial charge in [0.25, 0.3) is 0 Å². The van der Waals surface area contributed by atoms with Crippen molar-refractivity contribution < 1.29 is 13.2 Å². The summed E-state index contributed by atoms with van der Waals surface area (Å²) in [6.45, 7) is 4.31. The third-order valence-corrected chi connectivity index (χ3v) is 3.83. The normalized spacial score (nSPS) is 13.3. The third-order valence-electron chi connectivity index (χ3n) is 2.36. The molecule has 18 heavy (non-hydrogen) atoms. The number of halogens is 1. The molecule has 0 aliphatic carbocycles. The zero-order valence-corrected chi connectivity index (χ0v) is 12.1. The van der Waals surface area contributed by atoms with Gasteiger partial charge < -0.3 is 4.74 Å². The van der Waals surface area contributed by atoms with E-state index in [1.54, 1.807) is 25.1 Å². The number of benzene rings is 1. The molecule has 0 spiro atoms. The van der Waals surface area contributed by atoms with Crippen LogP contribution in [0.3, 0.4) is 0 Å². The Morgan fingerprint density at radius 2 is 2.06 bits per heavy atom. The van der Waals surface area contributed by atoms with Crippen LogP contribution in [0, 0.1) is 0 Å². The van der Waals surface area contributed by atoms with E-state index >= 15 is 0 Å². The van der Waals surface area contributed by atoms with Gasteiger partial charge in [-0.1, -0.05) is 18.2 Å². The molecule has 0 radical (unpaired) electrons. The van der Waals surface area contributed by atoms with Gasteiger partial charge in [-0.05, 0) is 25.5 Å². The van der Waals surface area contributed by atoms with Crippen molar-refractivity contribution in [1.29, 1.82) is 0 Å². The Labute approximate surface area is 113 Å². The summed E-state index contributed by atoms with van der Waals surface area (Å²) < 4.78 is 31.2. The SMILES string of the molecule is CCOCCS(=O)(=O)Nc1ccccc1C(C)Cl. The highest BCUT2D eigenvalue weighted by atomic mass is 35.5. The van der Waals surface area contributed by atoms with Crippen LogP contribution < -0.4 is 4.72 Å². The van der Waals surface area contributed by atoms with Crippen molar-refractivity contribution >= 4 is 27.3 Å².